The third-order valence-corrected chi connectivity index (χ3v) is 3.60. The lowest BCUT2D eigenvalue weighted by molar-refractivity contribution is 0.398. The van der Waals surface area contributed by atoms with E-state index in [0.717, 1.165) is 11.8 Å². The van der Waals surface area contributed by atoms with Gasteiger partial charge in [-0.25, -0.2) is 13.4 Å². The minimum absolute atomic E-state index is 0.174. The lowest BCUT2D eigenvalue weighted by Crippen LogP contribution is -2.04. The number of pyridine rings is 1. The number of nitrogens with zero attached hydrogens (tertiary/aromatic N) is 3. The summed E-state index contributed by atoms with van der Waals surface area (Å²) in [5.74, 6) is 0.498. The highest BCUT2D eigenvalue weighted by atomic mass is 32.2. The third-order valence-electron chi connectivity index (χ3n) is 2.46. The second kappa shape index (κ2) is 4.41. The molecule has 0 saturated carbocycles. The number of hydrogen-bond acceptors (Lipinski definition) is 5. The minimum atomic E-state index is -3.28. The smallest absolute Gasteiger partial charge is 0.212 e. The molecule has 2 rings (SSSR count). The summed E-state index contributed by atoms with van der Waals surface area (Å²) in [6, 6.07) is 5.00. The van der Waals surface area contributed by atoms with Gasteiger partial charge in [-0.1, -0.05) is 0 Å². The maximum atomic E-state index is 11.5. The zero-order valence-corrected chi connectivity index (χ0v) is 11.1. The Morgan fingerprint density at radius 2 is 2.06 bits per heavy atom. The Balaban J connectivity index is 2.46. The van der Waals surface area contributed by atoms with Gasteiger partial charge in [0.05, 0.1) is 12.8 Å². The van der Waals surface area contributed by atoms with Gasteiger partial charge in [-0.3, -0.25) is 4.68 Å². The summed E-state index contributed by atoms with van der Waals surface area (Å²) in [5, 5.41) is 4.33. The van der Waals surface area contributed by atoms with Crippen LogP contribution in [0.3, 0.4) is 0 Å². The Morgan fingerprint density at radius 3 is 2.50 bits per heavy atom. The van der Waals surface area contributed by atoms with E-state index in [2.05, 4.69) is 10.1 Å². The summed E-state index contributed by atoms with van der Waals surface area (Å²) in [5.41, 5.74) is 1.30. The van der Waals surface area contributed by atoms with Crippen molar-refractivity contribution in [2.75, 3.05) is 13.4 Å². The molecule has 0 amide bonds. The van der Waals surface area contributed by atoms with Gasteiger partial charge < -0.3 is 4.74 Å². The summed E-state index contributed by atoms with van der Waals surface area (Å²) in [4.78, 5) is 4.05. The monoisotopic (exact) mass is 267 g/mol. The number of aromatic nitrogens is 3. The molecule has 0 aromatic carbocycles. The highest BCUT2D eigenvalue weighted by molar-refractivity contribution is 7.90. The van der Waals surface area contributed by atoms with Crippen LogP contribution in [0.1, 0.15) is 0 Å². The van der Waals surface area contributed by atoms with E-state index in [4.69, 9.17) is 4.74 Å². The predicted octanol–water partition coefficient (Wildman–Crippen LogP) is 0.894. The van der Waals surface area contributed by atoms with Crippen LogP contribution in [0.25, 0.3) is 11.3 Å². The van der Waals surface area contributed by atoms with Crippen molar-refractivity contribution in [1.29, 1.82) is 0 Å². The lowest BCUT2D eigenvalue weighted by Gasteiger charge is -1.98. The SMILES string of the molecule is COc1ccc(-c2cc(S(C)(=O)=O)n(C)n2)cn1. The zero-order valence-electron chi connectivity index (χ0n) is 10.3. The van der Waals surface area contributed by atoms with E-state index in [-0.39, 0.29) is 5.03 Å². The van der Waals surface area contributed by atoms with E-state index >= 15 is 0 Å². The highest BCUT2D eigenvalue weighted by Crippen LogP contribution is 2.21. The van der Waals surface area contributed by atoms with E-state index in [0.29, 0.717) is 11.6 Å². The van der Waals surface area contributed by atoms with Crippen LogP contribution in [0.4, 0.5) is 0 Å². The fourth-order valence-corrected chi connectivity index (χ4v) is 2.44. The average Bonchev–Trinajstić information content (AvgIpc) is 2.71. The molecule has 0 unspecified atom stereocenters. The summed E-state index contributed by atoms with van der Waals surface area (Å²) in [6.07, 6.45) is 2.74. The standard InChI is InChI=1S/C11H13N3O3S/c1-14-11(18(3,15)16)6-9(13-14)8-4-5-10(17-2)12-7-8/h4-7H,1-3H3. The Kier molecular flexibility index (Phi) is 3.08. The molecule has 7 heteroatoms. The number of aryl methyl sites for hydroxylation is 1. The second-order valence-electron chi connectivity index (χ2n) is 3.85. The van der Waals surface area contributed by atoms with Crippen molar-refractivity contribution >= 4 is 9.84 Å². The molecule has 2 aromatic heterocycles. The molecular formula is C11H13N3O3S. The van der Waals surface area contributed by atoms with Gasteiger partial charge in [0.1, 0.15) is 0 Å². The van der Waals surface area contributed by atoms with E-state index in [1.807, 2.05) is 0 Å². The van der Waals surface area contributed by atoms with Crippen molar-refractivity contribution in [3.8, 4) is 17.1 Å². The number of rotatable bonds is 3. The number of hydrogen-bond donors (Lipinski definition) is 0. The van der Waals surface area contributed by atoms with Gasteiger partial charge in [-0.05, 0) is 6.07 Å². The van der Waals surface area contributed by atoms with Gasteiger partial charge in [-0.15, -0.1) is 0 Å². The average molecular weight is 267 g/mol. The van der Waals surface area contributed by atoms with E-state index < -0.39 is 9.84 Å². The van der Waals surface area contributed by atoms with Crippen LogP contribution in [-0.4, -0.2) is 36.5 Å². The predicted molar refractivity (Wildman–Crippen MR) is 66.1 cm³/mol. The van der Waals surface area contributed by atoms with Crippen molar-refractivity contribution in [2.24, 2.45) is 7.05 Å². The van der Waals surface area contributed by atoms with Crippen LogP contribution in [0.15, 0.2) is 29.4 Å². The van der Waals surface area contributed by atoms with Crippen LogP contribution in [0.2, 0.25) is 0 Å². The van der Waals surface area contributed by atoms with Crippen LogP contribution >= 0.6 is 0 Å². The molecule has 2 heterocycles. The molecule has 0 fully saturated rings. The molecule has 0 atom stereocenters. The Labute approximate surface area is 105 Å². The van der Waals surface area contributed by atoms with Crippen molar-refractivity contribution in [3.63, 3.8) is 0 Å². The van der Waals surface area contributed by atoms with Gasteiger partial charge in [0.25, 0.3) is 0 Å². The van der Waals surface area contributed by atoms with Gasteiger partial charge in [0, 0.05) is 37.2 Å². The minimum Gasteiger partial charge on any atom is -0.481 e. The molecule has 6 nitrogen and oxygen atoms in total. The number of sulfone groups is 1. The van der Waals surface area contributed by atoms with E-state index in [1.54, 1.807) is 25.4 Å². The molecule has 96 valence electrons. The number of methoxy groups -OCH3 is 1. The Morgan fingerprint density at radius 1 is 1.33 bits per heavy atom. The van der Waals surface area contributed by atoms with Gasteiger partial charge in [-0.2, -0.15) is 5.10 Å². The van der Waals surface area contributed by atoms with Gasteiger partial charge in [0.15, 0.2) is 14.9 Å². The normalized spacial score (nSPS) is 11.5. The third kappa shape index (κ3) is 2.35. The molecule has 0 bridgehead atoms. The van der Waals surface area contributed by atoms with Crippen LogP contribution in [0, 0.1) is 0 Å². The summed E-state index contributed by atoms with van der Waals surface area (Å²) in [6.45, 7) is 0. The maximum absolute atomic E-state index is 11.5. The molecule has 0 aliphatic rings. The summed E-state index contributed by atoms with van der Waals surface area (Å²) < 4.78 is 29.3. The molecule has 0 aliphatic heterocycles. The molecule has 0 N–H and O–H groups in total. The van der Waals surface area contributed by atoms with Crippen molar-refractivity contribution in [2.45, 2.75) is 5.03 Å². The zero-order chi connectivity index (χ0) is 13.3. The first-order valence-electron chi connectivity index (χ1n) is 5.16. The summed E-state index contributed by atoms with van der Waals surface area (Å²) in [7, 11) is -0.152. The topological polar surface area (TPSA) is 74.1 Å². The molecule has 0 saturated heterocycles. The Hall–Kier alpha value is -1.89. The Bertz CT molecular complexity index is 659. The molecule has 0 aliphatic carbocycles. The fourth-order valence-electron chi connectivity index (χ4n) is 1.59. The first-order chi connectivity index (χ1) is 8.41. The van der Waals surface area contributed by atoms with Crippen LogP contribution in [-0.2, 0) is 16.9 Å². The largest absolute Gasteiger partial charge is 0.481 e. The first kappa shape index (κ1) is 12.6. The second-order valence-corrected chi connectivity index (χ2v) is 5.82. The first-order valence-corrected chi connectivity index (χ1v) is 7.05. The highest BCUT2D eigenvalue weighted by Gasteiger charge is 2.15. The quantitative estimate of drug-likeness (QED) is 0.825. The van der Waals surface area contributed by atoms with Crippen LogP contribution in [0.5, 0.6) is 5.88 Å². The van der Waals surface area contributed by atoms with Crippen molar-refractivity contribution < 1.29 is 13.2 Å². The lowest BCUT2D eigenvalue weighted by atomic mass is 10.2. The van der Waals surface area contributed by atoms with Crippen molar-refractivity contribution in [1.82, 2.24) is 14.8 Å². The fraction of sp³-hybridized carbons (Fsp3) is 0.273. The molecule has 18 heavy (non-hydrogen) atoms. The van der Waals surface area contributed by atoms with Crippen LogP contribution < -0.4 is 4.74 Å². The van der Waals surface area contributed by atoms with E-state index in [9.17, 15) is 8.42 Å². The van der Waals surface area contributed by atoms with E-state index in [1.165, 1.54) is 17.9 Å². The van der Waals surface area contributed by atoms with Gasteiger partial charge in [0.2, 0.25) is 5.88 Å². The number of ether oxygens (including phenoxy) is 1. The van der Waals surface area contributed by atoms with Crippen molar-refractivity contribution in [3.05, 3.63) is 24.4 Å². The molecule has 2 aromatic rings. The molecule has 0 radical (unpaired) electrons. The molecule has 0 spiro atoms. The van der Waals surface area contributed by atoms with Gasteiger partial charge >= 0.3 is 0 Å². The maximum Gasteiger partial charge on any atom is 0.212 e. The summed E-state index contributed by atoms with van der Waals surface area (Å²) >= 11 is 0. The molecular weight excluding hydrogens is 254 g/mol.